The lowest BCUT2D eigenvalue weighted by Crippen LogP contribution is -2.51. The van der Waals surface area contributed by atoms with Crippen molar-refractivity contribution >= 4 is 11.9 Å². The van der Waals surface area contributed by atoms with Crippen molar-refractivity contribution < 1.29 is 23.8 Å². The lowest BCUT2D eigenvalue weighted by Gasteiger charge is -2.58. The molecular formula is C40H68O5. The molecule has 258 valence electrons. The third-order valence-electron chi connectivity index (χ3n) is 12.7. The molecular weight excluding hydrogens is 560 g/mol. The molecule has 0 spiro atoms. The molecule has 0 amide bonds. The Kier molecular flexibility index (Phi) is 11.7. The minimum Gasteiger partial charge on any atom is -0.462 e. The van der Waals surface area contributed by atoms with Gasteiger partial charge < -0.3 is 14.2 Å². The number of esters is 2. The van der Waals surface area contributed by atoms with E-state index in [1.807, 2.05) is 34.6 Å². The highest BCUT2D eigenvalue weighted by molar-refractivity contribution is 5.78. The monoisotopic (exact) mass is 629 g/mol. The average Bonchev–Trinajstić information content (AvgIpc) is 3.28. The van der Waals surface area contributed by atoms with Crippen LogP contribution in [0.4, 0.5) is 0 Å². The van der Waals surface area contributed by atoms with Crippen LogP contribution in [-0.4, -0.2) is 35.9 Å². The first-order valence-corrected chi connectivity index (χ1v) is 18.7. The number of rotatable bonds is 13. The third kappa shape index (κ3) is 8.96. The van der Waals surface area contributed by atoms with Crippen molar-refractivity contribution in [1.29, 1.82) is 0 Å². The molecule has 4 aliphatic carbocycles. The van der Waals surface area contributed by atoms with Crippen molar-refractivity contribution in [2.24, 2.45) is 46.3 Å². The Morgan fingerprint density at radius 3 is 2.31 bits per heavy atom. The van der Waals surface area contributed by atoms with E-state index < -0.39 is 5.60 Å². The van der Waals surface area contributed by atoms with E-state index in [9.17, 15) is 9.59 Å². The number of hydrogen-bond acceptors (Lipinski definition) is 5. The van der Waals surface area contributed by atoms with E-state index >= 15 is 0 Å². The first-order valence-electron chi connectivity index (χ1n) is 18.7. The van der Waals surface area contributed by atoms with Crippen LogP contribution in [0.3, 0.4) is 0 Å². The molecule has 0 aromatic rings. The minimum atomic E-state index is -0.632. The number of fused-ring (bicyclic) bond motifs is 5. The second kappa shape index (κ2) is 14.4. The van der Waals surface area contributed by atoms with E-state index in [0.717, 1.165) is 54.8 Å². The lowest BCUT2D eigenvalue weighted by molar-refractivity contribution is -0.163. The number of carbonyl (C=O) groups is 2. The van der Waals surface area contributed by atoms with Crippen LogP contribution in [-0.2, 0) is 23.8 Å². The summed E-state index contributed by atoms with van der Waals surface area (Å²) in [5.74, 6) is 4.32. The maximum absolute atomic E-state index is 12.8. The summed E-state index contributed by atoms with van der Waals surface area (Å²) in [5.41, 5.74) is 1.42. The van der Waals surface area contributed by atoms with Crippen LogP contribution in [0.5, 0.6) is 0 Å². The maximum atomic E-state index is 12.8. The first kappa shape index (κ1) is 36.5. The number of allylic oxidation sites excluding steroid dienone is 1. The van der Waals surface area contributed by atoms with Crippen LogP contribution in [0.15, 0.2) is 11.6 Å². The van der Waals surface area contributed by atoms with Crippen LogP contribution >= 0.6 is 0 Å². The Hall–Kier alpha value is -1.36. The van der Waals surface area contributed by atoms with E-state index in [1.54, 1.807) is 0 Å². The summed E-state index contributed by atoms with van der Waals surface area (Å²) in [7, 11) is 0. The standard InChI is InChI=1S/C40H68O5/c1-27(2)12-11-13-28(3)32-16-17-33-31-15-14-29-26-30(20-22-39(29,9)34(31)21-23-40(32,33)10)44-35(41)18-19-36(42)45-38(7,8)24-25-43-37(4,5)6/h14,27-28,30-34H,11-13,15-26H2,1-10H3. The summed E-state index contributed by atoms with van der Waals surface area (Å²) < 4.78 is 17.4. The van der Waals surface area contributed by atoms with E-state index in [2.05, 4.69) is 40.7 Å². The van der Waals surface area contributed by atoms with Crippen LogP contribution in [0.1, 0.15) is 159 Å². The van der Waals surface area contributed by atoms with E-state index in [-0.39, 0.29) is 41.9 Å². The highest BCUT2D eigenvalue weighted by Gasteiger charge is 2.59. The van der Waals surface area contributed by atoms with Crippen molar-refractivity contribution in [3.8, 4) is 0 Å². The Morgan fingerprint density at radius 1 is 0.911 bits per heavy atom. The van der Waals surface area contributed by atoms with Crippen LogP contribution in [0.2, 0.25) is 0 Å². The van der Waals surface area contributed by atoms with Gasteiger partial charge in [0.1, 0.15) is 11.7 Å². The summed E-state index contributed by atoms with van der Waals surface area (Å²) in [6.07, 6.45) is 17.0. The molecule has 0 bridgehead atoms. The molecule has 5 nitrogen and oxygen atoms in total. The van der Waals surface area contributed by atoms with Gasteiger partial charge in [0, 0.05) is 12.8 Å². The van der Waals surface area contributed by atoms with Crippen molar-refractivity contribution in [3.63, 3.8) is 0 Å². The molecule has 4 rings (SSSR count). The fraction of sp³-hybridized carbons (Fsp3) is 0.900. The number of ether oxygens (including phenoxy) is 3. The lowest BCUT2D eigenvalue weighted by atomic mass is 9.47. The summed E-state index contributed by atoms with van der Waals surface area (Å²) in [6, 6.07) is 0. The Labute approximate surface area is 276 Å². The van der Waals surface area contributed by atoms with E-state index in [4.69, 9.17) is 14.2 Å². The van der Waals surface area contributed by atoms with E-state index in [0.29, 0.717) is 18.4 Å². The molecule has 0 aromatic heterocycles. The van der Waals surface area contributed by atoms with Gasteiger partial charge in [-0.25, -0.2) is 0 Å². The van der Waals surface area contributed by atoms with E-state index in [1.165, 1.54) is 56.9 Å². The molecule has 0 N–H and O–H groups in total. The third-order valence-corrected chi connectivity index (χ3v) is 12.7. The van der Waals surface area contributed by atoms with Gasteiger partial charge in [-0.05, 0) is 126 Å². The van der Waals surface area contributed by atoms with Gasteiger partial charge in [0.2, 0.25) is 0 Å². The first-order chi connectivity index (χ1) is 20.9. The largest absolute Gasteiger partial charge is 0.462 e. The Balaban J connectivity index is 1.26. The highest BCUT2D eigenvalue weighted by Crippen LogP contribution is 2.67. The zero-order valence-electron chi connectivity index (χ0n) is 30.8. The molecule has 8 unspecified atom stereocenters. The summed E-state index contributed by atoms with van der Waals surface area (Å²) >= 11 is 0. The van der Waals surface area contributed by atoms with Gasteiger partial charge in [0.15, 0.2) is 0 Å². The smallest absolute Gasteiger partial charge is 0.306 e. The van der Waals surface area contributed by atoms with Gasteiger partial charge in [-0.3, -0.25) is 9.59 Å². The highest BCUT2D eigenvalue weighted by atomic mass is 16.6. The molecule has 5 heteroatoms. The van der Waals surface area contributed by atoms with Crippen LogP contribution in [0, 0.1) is 46.3 Å². The molecule has 0 radical (unpaired) electrons. The predicted octanol–water partition coefficient (Wildman–Crippen LogP) is 10.2. The molecule has 4 aliphatic rings. The molecule has 3 fully saturated rings. The van der Waals surface area contributed by atoms with Gasteiger partial charge in [-0.1, -0.05) is 65.5 Å². The minimum absolute atomic E-state index is 0.0524. The van der Waals surface area contributed by atoms with Gasteiger partial charge in [-0.15, -0.1) is 0 Å². The number of carbonyl (C=O) groups excluding carboxylic acids is 2. The van der Waals surface area contributed by atoms with Crippen molar-refractivity contribution in [2.75, 3.05) is 6.61 Å². The predicted molar refractivity (Wildman–Crippen MR) is 183 cm³/mol. The van der Waals surface area contributed by atoms with Gasteiger partial charge >= 0.3 is 11.9 Å². The molecule has 0 heterocycles. The normalized spacial score (nSPS) is 33.9. The summed E-state index contributed by atoms with van der Waals surface area (Å²) in [6.45, 7) is 22.8. The topological polar surface area (TPSA) is 61.8 Å². The molecule has 0 aliphatic heterocycles. The fourth-order valence-corrected chi connectivity index (χ4v) is 10.2. The Bertz CT molecular complexity index is 1050. The SMILES string of the molecule is CC(C)CCCC(C)C1CCC2C3CC=C4CC(OC(=O)CCC(=O)OC(C)(C)CCOC(C)(C)C)CCC4(C)C3CCC12C. The fourth-order valence-electron chi connectivity index (χ4n) is 10.2. The van der Waals surface area contributed by atoms with Crippen molar-refractivity contribution in [3.05, 3.63) is 11.6 Å². The zero-order valence-corrected chi connectivity index (χ0v) is 30.8. The summed E-state index contributed by atoms with van der Waals surface area (Å²) in [4.78, 5) is 25.3. The van der Waals surface area contributed by atoms with Crippen LogP contribution in [0.25, 0.3) is 0 Å². The molecule has 0 aromatic carbocycles. The Morgan fingerprint density at radius 2 is 1.62 bits per heavy atom. The maximum Gasteiger partial charge on any atom is 0.306 e. The van der Waals surface area contributed by atoms with Crippen molar-refractivity contribution in [2.45, 2.75) is 176 Å². The average molecular weight is 629 g/mol. The second-order valence-electron chi connectivity index (χ2n) is 18.1. The summed E-state index contributed by atoms with van der Waals surface area (Å²) in [5, 5.41) is 0. The van der Waals surface area contributed by atoms with Crippen molar-refractivity contribution in [1.82, 2.24) is 0 Å². The van der Waals surface area contributed by atoms with Crippen LogP contribution < -0.4 is 0 Å². The molecule has 8 atom stereocenters. The van der Waals surface area contributed by atoms with Gasteiger partial charge in [0.25, 0.3) is 0 Å². The second-order valence-corrected chi connectivity index (χ2v) is 18.1. The molecule has 3 saturated carbocycles. The van der Waals surface area contributed by atoms with Gasteiger partial charge in [0.05, 0.1) is 25.0 Å². The molecule has 45 heavy (non-hydrogen) atoms. The quantitative estimate of drug-likeness (QED) is 0.150. The molecule has 0 saturated heterocycles. The zero-order chi connectivity index (χ0) is 33.2. The number of hydrogen-bond donors (Lipinski definition) is 0. The van der Waals surface area contributed by atoms with Gasteiger partial charge in [-0.2, -0.15) is 0 Å².